The highest BCUT2D eigenvalue weighted by Crippen LogP contribution is 2.36. The predicted octanol–water partition coefficient (Wildman–Crippen LogP) is 2.72. The van der Waals surface area contributed by atoms with Gasteiger partial charge < -0.3 is 15.2 Å². The molecular weight excluding hydrogens is 356 g/mol. The average molecular weight is 381 g/mol. The molecular formula is C19H25ClN2O4. The number of hydrogen-bond donors (Lipinski definition) is 2. The minimum absolute atomic E-state index is 0.0202. The first-order valence-electron chi connectivity index (χ1n) is 9.04. The predicted molar refractivity (Wildman–Crippen MR) is 97.7 cm³/mol. The van der Waals surface area contributed by atoms with Crippen molar-refractivity contribution >= 4 is 23.5 Å². The number of aliphatic hydroxyl groups excluding tert-OH is 1. The lowest BCUT2D eigenvalue weighted by atomic mass is 9.77. The number of urea groups is 1. The first-order valence-corrected chi connectivity index (χ1v) is 9.42. The van der Waals surface area contributed by atoms with E-state index in [1.807, 2.05) is 18.2 Å². The average Bonchev–Trinajstić information content (AvgIpc) is 2.84. The topological polar surface area (TPSA) is 78.9 Å². The largest absolute Gasteiger partial charge is 0.389 e. The van der Waals surface area contributed by atoms with Crippen LogP contribution >= 0.6 is 11.6 Å². The highest BCUT2D eigenvalue weighted by molar-refractivity contribution is 6.31. The Kier molecular flexibility index (Phi) is 5.85. The van der Waals surface area contributed by atoms with Gasteiger partial charge in [-0.1, -0.05) is 36.7 Å². The number of carbonyl (C=O) groups excluding carboxylic acids is 2. The fraction of sp³-hybridized carbons (Fsp3) is 0.579. The van der Waals surface area contributed by atoms with E-state index in [9.17, 15) is 14.7 Å². The monoisotopic (exact) mass is 380 g/mol. The van der Waals surface area contributed by atoms with Crippen LogP contribution in [0.4, 0.5) is 4.79 Å². The third-order valence-electron chi connectivity index (χ3n) is 5.29. The minimum atomic E-state index is -0.940. The molecule has 1 saturated heterocycles. The summed E-state index contributed by atoms with van der Waals surface area (Å²) in [5.74, 6) is 0.350. The molecule has 2 fully saturated rings. The highest BCUT2D eigenvalue weighted by atomic mass is 35.5. The number of carbonyl (C=O) groups is 2. The van der Waals surface area contributed by atoms with Crippen molar-refractivity contribution in [2.24, 2.45) is 5.92 Å². The number of rotatable bonds is 6. The summed E-state index contributed by atoms with van der Waals surface area (Å²) in [4.78, 5) is 26.1. The molecule has 1 saturated carbocycles. The van der Waals surface area contributed by atoms with Crippen LogP contribution in [0, 0.1) is 5.92 Å². The van der Waals surface area contributed by atoms with Crippen LogP contribution in [-0.4, -0.2) is 46.7 Å². The Morgan fingerprint density at radius 3 is 2.73 bits per heavy atom. The van der Waals surface area contributed by atoms with Crippen LogP contribution < -0.4 is 5.32 Å². The summed E-state index contributed by atoms with van der Waals surface area (Å²) >= 11 is 6.06. The first-order chi connectivity index (χ1) is 12.4. The van der Waals surface area contributed by atoms with Gasteiger partial charge in [-0.15, -0.1) is 0 Å². The van der Waals surface area contributed by atoms with E-state index in [0.717, 1.165) is 23.3 Å². The van der Waals surface area contributed by atoms with Gasteiger partial charge >= 0.3 is 6.03 Å². The molecule has 6 nitrogen and oxygen atoms in total. The number of benzene rings is 1. The van der Waals surface area contributed by atoms with Crippen molar-refractivity contribution in [3.05, 3.63) is 34.9 Å². The summed E-state index contributed by atoms with van der Waals surface area (Å²) in [6, 6.07) is 6.89. The summed E-state index contributed by atoms with van der Waals surface area (Å²) in [5.41, 5.74) is 0.0495. The van der Waals surface area contributed by atoms with E-state index in [0.29, 0.717) is 23.8 Å². The SMILES string of the molecule is CC1CCC2(CC1)NC(=O)N(C[C@H](O)COCc1ccccc1Cl)C2=O. The van der Waals surface area contributed by atoms with Gasteiger partial charge in [0, 0.05) is 5.02 Å². The number of aliphatic hydroxyl groups is 1. The van der Waals surface area contributed by atoms with Gasteiger partial charge in [-0.25, -0.2) is 4.79 Å². The maximum atomic E-state index is 12.7. The summed E-state index contributed by atoms with van der Waals surface area (Å²) in [6.45, 7) is 2.38. The van der Waals surface area contributed by atoms with Crippen LogP contribution in [0.5, 0.6) is 0 Å². The maximum Gasteiger partial charge on any atom is 0.325 e. The van der Waals surface area contributed by atoms with Gasteiger partial charge in [0.2, 0.25) is 0 Å². The molecule has 1 aromatic rings. The number of hydrogen-bond acceptors (Lipinski definition) is 4. The number of nitrogens with zero attached hydrogens (tertiary/aromatic N) is 1. The molecule has 0 bridgehead atoms. The molecule has 0 radical (unpaired) electrons. The molecule has 7 heteroatoms. The third kappa shape index (κ3) is 4.03. The van der Waals surface area contributed by atoms with Crippen LogP contribution in [0.2, 0.25) is 5.02 Å². The van der Waals surface area contributed by atoms with Crippen molar-refractivity contribution in [1.29, 1.82) is 0 Å². The van der Waals surface area contributed by atoms with E-state index in [-0.39, 0.29) is 25.7 Å². The molecule has 3 rings (SSSR count). The van der Waals surface area contributed by atoms with Crippen molar-refractivity contribution in [3.63, 3.8) is 0 Å². The van der Waals surface area contributed by atoms with E-state index >= 15 is 0 Å². The van der Waals surface area contributed by atoms with Gasteiger partial charge in [0.1, 0.15) is 5.54 Å². The zero-order chi connectivity index (χ0) is 18.7. The number of imide groups is 1. The normalized spacial score (nSPS) is 27.0. The Labute approximate surface area is 158 Å². The fourth-order valence-corrected chi connectivity index (χ4v) is 3.81. The van der Waals surface area contributed by atoms with Crippen molar-refractivity contribution in [2.45, 2.75) is 50.9 Å². The molecule has 2 aliphatic rings. The number of amides is 3. The molecule has 2 N–H and O–H groups in total. The van der Waals surface area contributed by atoms with Gasteiger partial charge in [0.25, 0.3) is 5.91 Å². The lowest BCUT2D eigenvalue weighted by molar-refractivity contribution is -0.134. The lowest BCUT2D eigenvalue weighted by Gasteiger charge is -2.33. The van der Waals surface area contributed by atoms with Gasteiger partial charge in [0.05, 0.1) is 25.9 Å². The second-order valence-electron chi connectivity index (χ2n) is 7.37. The van der Waals surface area contributed by atoms with E-state index in [1.54, 1.807) is 6.07 Å². The molecule has 142 valence electrons. The van der Waals surface area contributed by atoms with Gasteiger partial charge in [0.15, 0.2) is 0 Å². The Morgan fingerprint density at radius 2 is 2.04 bits per heavy atom. The first kappa shape index (κ1) is 19.1. The minimum Gasteiger partial charge on any atom is -0.389 e. The van der Waals surface area contributed by atoms with E-state index in [2.05, 4.69) is 12.2 Å². The highest BCUT2D eigenvalue weighted by Gasteiger charge is 2.52. The molecule has 1 spiro atoms. The second kappa shape index (κ2) is 7.94. The van der Waals surface area contributed by atoms with Crippen LogP contribution in [0.25, 0.3) is 0 Å². The third-order valence-corrected chi connectivity index (χ3v) is 5.66. The molecule has 1 aliphatic carbocycles. The number of halogens is 1. The summed E-state index contributed by atoms with van der Waals surface area (Å²) in [5, 5.41) is 13.6. The quantitative estimate of drug-likeness (QED) is 0.744. The summed E-state index contributed by atoms with van der Waals surface area (Å²) < 4.78 is 5.49. The van der Waals surface area contributed by atoms with Crippen molar-refractivity contribution in [1.82, 2.24) is 10.2 Å². The zero-order valence-electron chi connectivity index (χ0n) is 14.9. The Morgan fingerprint density at radius 1 is 1.35 bits per heavy atom. The molecule has 1 aromatic carbocycles. The summed E-state index contributed by atoms with van der Waals surface area (Å²) in [7, 11) is 0. The van der Waals surface area contributed by atoms with E-state index in [4.69, 9.17) is 16.3 Å². The fourth-order valence-electron chi connectivity index (χ4n) is 3.62. The van der Waals surface area contributed by atoms with E-state index < -0.39 is 17.7 Å². The Hall–Kier alpha value is -1.63. The maximum absolute atomic E-state index is 12.7. The van der Waals surface area contributed by atoms with Crippen LogP contribution in [0.3, 0.4) is 0 Å². The Balaban J connectivity index is 1.51. The van der Waals surface area contributed by atoms with Crippen molar-refractivity contribution in [3.8, 4) is 0 Å². The zero-order valence-corrected chi connectivity index (χ0v) is 15.7. The molecule has 3 amide bonds. The van der Waals surface area contributed by atoms with Gasteiger partial charge in [-0.3, -0.25) is 9.69 Å². The molecule has 0 aromatic heterocycles. The second-order valence-corrected chi connectivity index (χ2v) is 7.78. The number of β-amino-alcohol motifs (C(OH)–C–C–N with tert-alkyl or cyclic N) is 1. The number of nitrogens with one attached hydrogen (secondary N) is 1. The van der Waals surface area contributed by atoms with Crippen LogP contribution in [0.1, 0.15) is 38.2 Å². The van der Waals surface area contributed by atoms with E-state index in [1.165, 1.54) is 0 Å². The van der Waals surface area contributed by atoms with Gasteiger partial charge in [-0.05, 0) is 43.2 Å². The number of ether oxygens (including phenoxy) is 1. The van der Waals surface area contributed by atoms with Crippen molar-refractivity contribution in [2.75, 3.05) is 13.2 Å². The molecule has 1 atom stereocenters. The molecule has 1 heterocycles. The van der Waals surface area contributed by atoms with Crippen LogP contribution in [-0.2, 0) is 16.1 Å². The smallest absolute Gasteiger partial charge is 0.325 e. The Bertz CT molecular complexity index is 673. The standard InChI is InChI=1S/C19H25ClN2O4/c1-13-6-8-19(9-7-13)17(24)22(18(25)21-19)10-15(23)12-26-11-14-4-2-3-5-16(14)20/h2-5,13,15,23H,6-12H2,1H3,(H,21,25)/t13?,15-,19?/m0/s1. The molecule has 26 heavy (non-hydrogen) atoms. The molecule has 0 unspecified atom stereocenters. The lowest BCUT2D eigenvalue weighted by Crippen LogP contribution is -2.49. The van der Waals surface area contributed by atoms with Gasteiger partial charge in [-0.2, -0.15) is 0 Å². The van der Waals surface area contributed by atoms with Crippen molar-refractivity contribution < 1.29 is 19.4 Å². The van der Waals surface area contributed by atoms with Crippen LogP contribution in [0.15, 0.2) is 24.3 Å². The summed E-state index contributed by atoms with van der Waals surface area (Å²) in [6.07, 6.45) is 2.22. The molecule has 1 aliphatic heterocycles.